The largest absolute Gasteiger partial charge is 0.481 e. The van der Waals surface area contributed by atoms with Crippen molar-refractivity contribution in [3.63, 3.8) is 0 Å². The zero-order valence-corrected chi connectivity index (χ0v) is 17.8. The Labute approximate surface area is 169 Å². The number of unbranched alkanes of at least 4 members (excludes halogenated alkanes) is 3. The zero-order valence-electron chi connectivity index (χ0n) is 17.8. The summed E-state index contributed by atoms with van der Waals surface area (Å²) in [5.74, 6) is -0.706. The van der Waals surface area contributed by atoms with Gasteiger partial charge in [-0.3, -0.25) is 9.59 Å². The molecule has 0 heterocycles. The van der Waals surface area contributed by atoms with Crippen molar-refractivity contribution in [2.75, 3.05) is 0 Å². The van der Waals surface area contributed by atoms with E-state index in [1.165, 1.54) is 16.7 Å². The van der Waals surface area contributed by atoms with Gasteiger partial charge >= 0.3 is 5.97 Å². The summed E-state index contributed by atoms with van der Waals surface area (Å²) in [4.78, 5) is 21.7. The predicted molar refractivity (Wildman–Crippen MR) is 111 cm³/mol. The molecule has 0 bridgehead atoms. The van der Waals surface area contributed by atoms with Gasteiger partial charge in [-0.1, -0.05) is 31.0 Å². The van der Waals surface area contributed by atoms with Gasteiger partial charge in [-0.15, -0.1) is 0 Å². The highest BCUT2D eigenvalue weighted by Crippen LogP contribution is 2.43. The Morgan fingerprint density at radius 1 is 1.14 bits per heavy atom. The highest BCUT2D eigenvalue weighted by Gasteiger charge is 2.44. The van der Waals surface area contributed by atoms with E-state index in [-0.39, 0.29) is 5.60 Å². The lowest BCUT2D eigenvalue weighted by Gasteiger charge is -2.18. The molecule has 1 aromatic rings. The minimum absolute atomic E-state index is 0.125. The van der Waals surface area contributed by atoms with Crippen LogP contribution in [0.25, 0.3) is 0 Å². The first-order valence-electron chi connectivity index (χ1n) is 10.7. The normalized spacial score (nSPS) is 15.2. The summed E-state index contributed by atoms with van der Waals surface area (Å²) in [7, 11) is 0. The fourth-order valence-electron chi connectivity index (χ4n) is 3.80. The molecule has 4 heteroatoms. The maximum absolute atomic E-state index is 11.1. The van der Waals surface area contributed by atoms with Crippen LogP contribution in [-0.2, 0) is 27.2 Å². The monoisotopic (exact) mass is 388 g/mol. The van der Waals surface area contributed by atoms with Crippen molar-refractivity contribution in [1.82, 2.24) is 0 Å². The third-order valence-corrected chi connectivity index (χ3v) is 6.19. The molecule has 28 heavy (non-hydrogen) atoms. The molecule has 1 N–H and O–H groups in total. The van der Waals surface area contributed by atoms with E-state index in [0.29, 0.717) is 6.47 Å². The first kappa shape index (κ1) is 22.4. The van der Waals surface area contributed by atoms with Crippen LogP contribution in [0.3, 0.4) is 0 Å². The molecule has 156 valence electrons. The molecule has 0 amide bonds. The number of carboxylic acid groups (broad SMARTS) is 1. The van der Waals surface area contributed by atoms with E-state index in [9.17, 15) is 9.59 Å². The molecule has 1 fully saturated rings. The molecule has 1 aliphatic carbocycles. The first-order chi connectivity index (χ1) is 13.3. The number of hydrogen-bond donors (Lipinski definition) is 1. The highest BCUT2D eigenvalue weighted by molar-refractivity contribution is 5.73. The van der Waals surface area contributed by atoms with Gasteiger partial charge in [-0.25, -0.2) is 0 Å². The molecule has 0 unspecified atom stereocenters. The number of carbonyl (C=O) groups is 2. The molecule has 0 radical (unpaired) electrons. The molecule has 1 aromatic carbocycles. The molecule has 0 aliphatic heterocycles. The number of benzene rings is 1. The van der Waals surface area contributed by atoms with E-state index in [0.717, 1.165) is 70.6 Å². The molecule has 0 saturated heterocycles. The van der Waals surface area contributed by atoms with Crippen molar-refractivity contribution in [3.8, 4) is 0 Å². The summed E-state index contributed by atoms with van der Waals surface area (Å²) in [6.07, 6.45) is 11.3. The van der Waals surface area contributed by atoms with E-state index in [1.54, 1.807) is 13.8 Å². The quantitative estimate of drug-likeness (QED) is 0.331. The lowest BCUT2D eigenvalue weighted by atomic mass is 9.87. The van der Waals surface area contributed by atoms with Crippen molar-refractivity contribution in [2.24, 2.45) is 5.41 Å². The second kappa shape index (κ2) is 10.1. The van der Waals surface area contributed by atoms with Gasteiger partial charge < -0.3 is 9.84 Å². The van der Waals surface area contributed by atoms with E-state index in [2.05, 4.69) is 25.1 Å². The smallest absolute Gasteiger partial charge is 0.309 e. The molecule has 0 spiro atoms. The topological polar surface area (TPSA) is 63.6 Å². The number of carbonyl (C=O) groups excluding carboxylic acids is 1. The summed E-state index contributed by atoms with van der Waals surface area (Å²) in [5, 5.41) is 9.16. The van der Waals surface area contributed by atoms with Crippen molar-refractivity contribution in [3.05, 3.63) is 34.9 Å². The van der Waals surface area contributed by atoms with E-state index < -0.39 is 11.4 Å². The van der Waals surface area contributed by atoms with Crippen molar-refractivity contribution in [2.45, 2.75) is 97.0 Å². The van der Waals surface area contributed by atoms with Gasteiger partial charge in [0.25, 0.3) is 6.47 Å². The molecule has 4 nitrogen and oxygen atoms in total. The molecule has 0 atom stereocenters. The SMILES string of the molecule is Cc1cc(CCCCCC(C)(C)C(=O)O)ccc1CCCCC1(OC=O)CC1. The van der Waals surface area contributed by atoms with Gasteiger partial charge in [0.1, 0.15) is 5.60 Å². The summed E-state index contributed by atoms with van der Waals surface area (Å²) >= 11 is 0. The summed E-state index contributed by atoms with van der Waals surface area (Å²) < 4.78 is 5.21. The zero-order chi connectivity index (χ0) is 20.6. The fraction of sp³-hybridized carbons (Fsp3) is 0.667. The Morgan fingerprint density at radius 2 is 1.86 bits per heavy atom. The van der Waals surface area contributed by atoms with E-state index >= 15 is 0 Å². The molecule has 1 saturated carbocycles. The van der Waals surface area contributed by atoms with Crippen LogP contribution in [0.5, 0.6) is 0 Å². The maximum Gasteiger partial charge on any atom is 0.309 e. The lowest BCUT2D eigenvalue weighted by Crippen LogP contribution is -2.23. The van der Waals surface area contributed by atoms with Crippen LogP contribution in [0, 0.1) is 12.3 Å². The van der Waals surface area contributed by atoms with Crippen LogP contribution < -0.4 is 0 Å². The standard InChI is InChI=1S/C24H36O4/c1-19-17-20(9-5-4-7-13-23(2,3)22(26)27)11-12-21(19)10-6-8-14-24(15-16-24)28-18-25/h11-12,17-18H,4-10,13-16H2,1-3H3,(H,26,27). The lowest BCUT2D eigenvalue weighted by molar-refractivity contribution is -0.147. The van der Waals surface area contributed by atoms with Crippen LogP contribution in [0.1, 0.15) is 88.3 Å². The Morgan fingerprint density at radius 3 is 2.46 bits per heavy atom. The van der Waals surface area contributed by atoms with Crippen LogP contribution in [0.15, 0.2) is 18.2 Å². The van der Waals surface area contributed by atoms with Crippen LogP contribution in [-0.4, -0.2) is 23.1 Å². The van der Waals surface area contributed by atoms with Crippen LogP contribution in [0.2, 0.25) is 0 Å². The highest BCUT2D eigenvalue weighted by atomic mass is 16.5. The molecule has 0 aromatic heterocycles. The van der Waals surface area contributed by atoms with Gasteiger partial charge in [0.15, 0.2) is 0 Å². The number of aliphatic carboxylic acids is 1. The summed E-state index contributed by atoms with van der Waals surface area (Å²) in [5.41, 5.74) is 3.40. The molecule has 2 rings (SSSR count). The van der Waals surface area contributed by atoms with Crippen LogP contribution >= 0.6 is 0 Å². The second-order valence-electron chi connectivity index (χ2n) is 9.11. The number of aryl methyl sites for hydroxylation is 3. The van der Waals surface area contributed by atoms with Gasteiger partial charge in [0.2, 0.25) is 0 Å². The third kappa shape index (κ3) is 6.96. The summed E-state index contributed by atoms with van der Waals surface area (Å²) in [6, 6.07) is 6.79. The molecule has 1 aliphatic rings. The van der Waals surface area contributed by atoms with Gasteiger partial charge in [-0.05, 0) is 95.2 Å². The number of rotatable bonds is 14. The summed E-state index contributed by atoms with van der Waals surface area (Å²) in [6.45, 7) is 6.39. The second-order valence-corrected chi connectivity index (χ2v) is 9.11. The Kier molecular flexibility index (Phi) is 8.09. The Hall–Kier alpha value is -1.84. The Bertz CT molecular complexity index is 659. The van der Waals surface area contributed by atoms with Crippen LogP contribution in [0.4, 0.5) is 0 Å². The van der Waals surface area contributed by atoms with Crippen molar-refractivity contribution >= 4 is 12.4 Å². The van der Waals surface area contributed by atoms with Gasteiger partial charge in [0.05, 0.1) is 5.41 Å². The third-order valence-electron chi connectivity index (χ3n) is 6.19. The maximum atomic E-state index is 11.1. The van der Waals surface area contributed by atoms with Crippen molar-refractivity contribution in [1.29, 1.82) is 0 Å². The van der Waals surface area contributed by atoms with E-state index in [1.807, 2.05) is 0 Å². The average Bonchev–Trinajstić information content (AvgIpc) is 3.39. The average molecular weight is 389 g/mol. The van der Waals surface area contributed by atoms with Crippen molar-refractivity contribution < 1.29 is 19.4 Å². The van der Waals surface area contributed by atoms with Gasteiger partial charge in [-0.2, -0.15) is 0 Å². The first-order valence-corrected chi connectivity index (χ1v) is 10.7. The minimum Gasteiger partial charge on any atom is -0.481 e. The molecular formula is C24H36O4. The Balaban J connectivity index is 1.66. The number of carboxylic acids is 1. The number of hydrogen-bond acceptors (Lipinski definition) is 3. The fourth-order valence-corrected chi connectivity index (χ4v) is 3.80. The molecular weight excluding hydrogens is 352 g/mol. The van der Waals surface area contributed by atoms with E-state index in [4.69, 9.17) is 9.84 Å². The predicted octanol–water partition coefficient (Wildman–Crippen LogP) is 5.63. The van der Waals surface area contributed by atoms with Gasteiger partial charge in [0, 0.05) is 0 Å². The minimum atomic E-state index is -0.706. The number of ether oxygens (including phenoxy) is 1.